The second-order valence-corrected chi connectivity index (χ2v) is 5.14. The van der Waals surface area contributed by atoms with E-state index in [-0.39, 0.29) is 29.4 Å². The van der Waals surface area contributed by atoms with Crippen molar-refractivity contribution >= 4 is 17.7 Å². The number of furan rings is 1. The minimum absolute atomic E-state index is 0.0909. The fourth-order valence-corrected chi connectivity index (χ4v) is 2.08. The highest BCUT2D eigenvalue weighted by Gasteiger charge is 2.17. The number of hydrogen-bond donors (Lipinski definition) is 0. The average molecular weight is 340 g/mol. The lowest BCUT2D eigenvalue weighted by Crippen LogP contribution is -2.07. The van der Waals surface area contributed by atoms with Crippen LogP contribution in [0, 0.1) is 21.4 Å². The van der Waals surface area contributed by atoms with E-state index in [1.54, 1.807) is 30.3 Å². The van der Waals surface area contributed by atoms with Gasteiger partial charge in [-0.15, -0.1) is 0 Å². The highest BCUT2D eigenvalue weighted by atomic mass is 16.6. The number of esters is 1. The molecule has 0 spiro atoms. The summed E-state index contributed by atoms with van der Waals surface area (Å²) in [5.74, 6) is -0.216. The normalized spacial score (nSPS) is 11.0. The number of carbonyl (C=O) groups is 1. The third kappa shape index (κ3) is 4.54. The van der Waals surface area contributed by atoms with Crippen molar-refractivity contribution < 1.29 is 18.9 Å². The van der Waals surface area contributed by atoms with Gasteiger partial charge in [-0.1, -0.05) is 25.5 Å². The zero-order valence-corrected chi connectivity index (χ0v) is 13.6. The van der Waals surface area contributed by atoms with Gasteiger partial charge in [-0.05, 0) is 24.6 Å². The second-order valence-electron chi connectivity index (χ2n) is 5.14. The number of benzene rings is 1. The quantitative estimate of drug-likeness (QED) is 0.187. The minimum atomic E-state index is -0.723. The Morgan fingerprint density at radius 1 is 1.36 bits per heavy atom. The predicted molar refractivity (Wildman–Crippen MR) is 90.3 cm³/mol. The molecular weight excluding hydrogens is 324 g/mol. The highest BCUT2D eigenvalue weighted by Crippen LogP contribution is 2.31. The molecule has 0 bridgehead atoms. The van der Waals surface area contributed by atoms with Crippen molar-refractivity contribution in [3.63, 3.8) is 0 Å². The number of nitro benzene ring substituents is 1. The molecule has 0 unspecified atom stereocenters. The Kier molecular flexibility index (Phi) is 6.07. The summed E-state index contributed by atoms with van der Waals surface area (Å²) in [6.07, 6.45) is 2.84. The van der Waals surface area contributed by atoms with E-state index in [2.05, 4.69) is 0 Å². The zero-order chi connectivity index (χ0) is 18.2. The zero-order valence-electron chi connectivity index (χ0n) is 13.6. The van der Waals surface area contributed by atoms with Gasteiger partial charge in [0.1, 0.15) is 23.2 Å². The third-order valence-electron chi connectivity index (χ3n) is 3.35. The summed E-state index contributed by atoms with van der Waals surface area (Å²) in [5, 5.41) is 20.2. The summed E-state index contributed by atoms with van der Waals surface area (Å²) in [7, 11) is 0. The Hall–Kier alpha value is -3.40. The van der Waals surface area contributed by atoms with Gasteiger partial charge < -0.3 is 9.15 Å². The Labute approximate surface area is 144 Å². The van der Waals surface area contributed by atoms with Crippen LogP contribution < -0.4 is 0 Å². The molecule has 1 aromatic carbocycles. The van der Waals surface area contributed by atoms with Crippen LogP contribution in [0.3, 0.4) is 0 Å². The smallest absolute Gasteiger partial charge is 0.349 e. The van der Waals surface area contributed by atoms with Crippen molar-refractivity contribution in [1.29, 1.82) is 5.26 Å². The number of hydrogen-bond acceptors (Lipinski definition) is 6. The molecule has 128 valence electrons. The summed E-state index contributed by atoms with van der Waals surface area (Å²) in [6, 6.07) is 11.0. The van der Waals surface area contributed by atoms with E-state index in [1.165, 1.54) is 18.2 Å². The Morgan fingerprint density at radius 3 is 2.80 bits per heavy atom. The van der Waals surface area contributed by atoms with E-state index in [9.17, 15) is 14.9 Å². The predicted octanol–water partition coefficient (Wildman–Crippen LogP) is 4.11. The molecule has 1 aromatic heterocycles. The van der Waals surface area contributed by atoms with E-state index >= 15 is 0 Å². The van der Waals surface area contributed by atoms with Gasteiger partial charge >= 0.3 is 5.97 Å². The van der Waals surface area contributed by atoms with Crippen molar-refractivity contribution in [3.8, 4) is 17.4 Å². The lowest BCUT2D eigenvalue weighted by molar-refractivity contribution is -0.384. The van der Waals surface area contributed by atoms with E-state index < -0.39 is 10.9 Å². The van der Waals surface area contributed by atoms with Gasteiger partial charge in [-0.3, -0.25) is 10.1 Å². The number of nitriles is 1. The molecule has 0 aliphatic heterocycles. The van der Waals surface area contributed by atoms with E-state index in [0.29, 0.717) is 12.0 Å². The van der Waals surface area contributed by atoms with Gasteiger partial charge in [0.25, 0.3) is 5.69 Å². The summed E-state index contributed by atoms with van der Waals surface area (Å²) in [6.45, 7) is 2.20. The van der Waals surface area contributed by atoms with Crippen LogP contribution in [0.15, 0.2) is 46.4 Å². The SMILES string of the molecule is CCCCOC(=O)/C(C#N)=C/c1ccc(-c2ccccc2[N+](=O)[O-])o1. The van der Waals surface area contributed by atoms with E-state index in [0.717, 1.165) is 6.42 Å². The fourth-order valence-electron chi connectivity index (χ4n) is 2.08. The molecular formula is C18H16N2O5. The number of ether oxygens (including phenoxy) is 1. The number of unbranched alkanes of at least 4 members (excludes halogenated alkanes) is 1. The average Bonchev–Trinajstić information content (AvgIpc) is 3.08. The summed E-state index contributed by atoms with van der Waals surface area (Å²) >= 11 is 0. The summed E-state index contributed by atoms with van der Waals surface area (Å²) in [4.78, 5) is 22.4. The molecule has 0 radical (unpaired) electrons. The molecule has 2 rings (SSSR count). The first-order valence-electron chi connectivity index (χ1n) is 7.69. The largest absolute Gasteiger partial charge is 0.462 e. The molecule has 0 aliphatic carbocycles. The minimum Gasteiger partial charge on any atom is -0.462 e. The van der Waals surface area contributed by atoms with Crippen LogP contribution in [-0.4, -0.2) is 17.5 Å². The monoisotopic (exact) mass is 340 g/mol. The van der Waals surface area contributed by atoms with E-state index in [4.69, 9.17) is 14.4 Å². The molecule has 1 heterocycles. The molecule has 0 amide bonds. The van der Waals surface area contributed by atoms with Crippen LogP contribution >= 0.6 is 0 Å². The van der Waals surface area contributed by atoms with Gasteiger partial charge in [-0.25, -0.2) is 4.79 Å². The van der Waals surface area contributed by atoms with Crippen LogP contribution in [0.25, 0.3) is 17.4 Å². The standard InChI is InChI=1S/C18H16N2O5/c1-2-3-10-24-18(21)13(12-19)11-14-8-9-17(25-14)15-6-4-5-7-16(15)20(22)23/h4-9,11H,2-3,10H2,1H3/b13-11+. The number of para-hydroxylation sites is 1. The van der Waals surface area contributed by atoms with Crippen LogP contribution in [0.1, 0.15) is 25.5 Å². The fraction of sp³-hybridized carbons (Fsp3) is 0.222. The maximum atomic E-state index is 11.8. The van der Waals surface area contributed by atoms with Crippen LogP contribution in [0.2, 0.25) is 0 Å². The Morgan fingerprint density at radius 2 is 2.12 bits per heavy atom. The lowest BCUT2D eigenvalue weighted by atomic mass is 10.1. The van der Waals surface area contributed by atoms with Gasteiger partial charge in [-0.2, -0.15) is 5.26 Å². The van der Waals surface area contributed by atoms with Gasteiger partial charge in [0.05, 0.1) is 17.1 Å². The lowest BCUT2D eigenvalue weighted by Gasteiger charge is -2.01. The molecule has 0 atom stereocenters. The maximum absolute atomic E-state index is 11.8. The molecule has 2 aromatic rings. The first kappa shape index (κ1) is 17.9. The van der Waals surface area contributed by atoms with Crippen molar-refractivity contribution in [3.05, 3.63) is 57.8 Å². The van der Waals surface area contributed by atoms with Crippen molar-refractivity contribution in [2.45, 2.75) is 19.8 Å². The molecule has 0 saturated heterocycles. The van der Waals surface area contributed by atoms with E-state index in [1.807, 2.05) is 6.92 Å². The summed E-state index contributed by atoms with van der Waals surface area (Å²) < 4.78 is 10.5. The second kappa shape index (κ2) is 8.45. The molecule has 7 heteroatoms. The van der Waals surface area contributed by atoms with Gasteiger partial charge in [0.2, 0.25) is 0 Å². The topological polar surface area (TPSA) is 106 Å². The Balaban J connectivity index is 2.25. The third-order valence-corrected chi connectivity index (χ3v) is 3.35. The highest BCUT2D eigenvalue weighted by molar-refractivity contribution is 5.97. The first-order chi connectivity index (χ1) is 12.1. The van der Waals surface area contributed by atoms with Crippen molar-refractivity contribution in [1.82, 2.24) is 0 Å². The van der Waals surface area contributed by atoms with Crippen LogP contribution in [0.4, 0.5) is 5.69 Å². The molecule has 25 heavy (non-hydrogen) atoms. The number of nitrogens with zero attached hydrogens (tertiary/aromatic N) is 2. The van der Waals surface area contributed by atoms with Crippen molar-refractivity contribution in [2.24, 2.45) is 0 Å². The number of rotatable bonds is 7. The van der Waals surface area contributed by atoms with Gasteiger partial charge in [0.15, 0.2) is 0 Å². The Bertz CT molecular complexity index is 845. The molecule has 0 aliphatic rings. The molecule has 0 fully saturated rings. The number of nitro groups is 1. The first-order valence-corrected chi connectivity index (χ1v) is 7.69. The molecule has 0 N–H and O–H groups in total. The molecule has 7 nitrogen and oxygen atoms in total. The van der Waals surface area contributed by atoms with Crippen molar-refractivity contribution in [2.75, 3.05) is 6.61 Å². The van der Waals surface area contributed by atoms with Crippen LogP contribution in [0.5, 0.6) is 0 Å². The summed E-state index contributed by atoms with van der Waals surface area (Å²) in [5.41, 5.74) is 0.0302. The number of carbonyl (C=O) groups excluding carboxylic acids is 1. The van der Waals surface area contributed by atoms with Gasteiger partial charge in [0, 0.05) is 12.1 Å². The molecule has 0 saturated carbocycles. The van der Waals surface area contributed by atoms with Crippen LogP contribution in [-0.2, 0) is 9.53 Å². The maximum Gasteiger partial charge on any atom is 0.349 e.